The fraction of sp³-hybridized carbons (Fsp3) is 0.394. The van der Waals surface area contributed by atoms with E-state index in [0.717, 1.165) is 19.4 Å². The third kappa shape index (κ3) is 5.04. The summed E-state index contributed by atoms with van der Waals surface area (Å²) in [4.78, 5) is 27.3. The van der Waals surface area contributed by atoms with E-state index in [1.165, 1.54) is 18.2 Å². The summed E-state index contributed by atoms with van der Waals surface area (Å²) in [7, 11) is 0. The first-order valence-corrected chi connectivity index (χ1v) is 16.0. The lowest BCUT2D eigenvalue weighted by Crippen LogP contribution is -2.55. The highest BCUT2D eigenvalue weighted by Gasteiger charge is 2.49. The first-order valence-electron chi connectivity index (χ1n) is 15.2. The smallest absolute Gasteiger partial charge is 0.319 e. The van der Waals surface area contributed by atoms with Crippen molar-refractivity contribution >= 4 is 44.1 Å². The summed E-state index contributed by atoms with van der Waals surface area (Å²) in [5, 5.41) is 8.95. The number of benzene rings is 2. The van der Waals surface area contributed by atoms with Crippen LogP contribution in [-0.2, 0) is 4.79 Å². The van der Waals surface area contributed by atoms with Gasteiger partial charge in [0.25, 0.3) is 0 Å². The molecule has 8 nitrogen and oxygen atoms in total. The Bertz CT molecular complexity index is 1910. The van der Waals surface area contributed by atoms with Crippen LogP contribution in [0.3, 0.4) is 0 Å². The van der Waals surface area contributed by atoms with Gasteiger partial charge in [-0.2, -0.15) is 19.6 Å². The van der Waals surface area contributed by atoms with Crippen molar-refractivity contribution in [2.75, 3.05) is 44.2 Å². The second kappa shape index (κ2) is 11.8. The molecule has 0 saturated carbocycles. The number of thiophene rings is 1. The van der Waals surface area contributed by atoms with Crippen molar-refractivity contribution in [3.63, 3.8) is 0 Å². The molecular weight excluding hydrogens is 620 g/mol. The number of carbonyl (C=O) groups is 1. The van der Waals surface area contributed by atoms with Crippen LogP contribution in [-0.4, -0.2) is 82.8 Å². The molecular formula is C33H30F4N6O2S. The maximum atomic E-state index is 16.6. The molecule has 4 aromatic rings. The lowest BCUT2D eigenvalue weighted by molar-refractivity contribution is -0.128. The number of amides is 1. The van der Waals surface area contributed by atoms with Crippen LogP contribution >= 0.6 is 11.3 Å². The number of nitrogens with zero attached hydrogens (tertiary/aromatic N) is 6. The largest absolute Gasteiger partial charge is 0.461 e. The molecule has 2 aromatic heterocycles. The average molecular weight is 651 g/mol. The summed E-state index contributed by atoms with van der Waals surface area (Å²) in [5.41, 5.74) is -0.117. The molecule has 46 heavy (non-hydrogen) atoms. The lowest BCUT2D eigenvalue weighted by atomic mass is 9.95. The Labute approximate surface area is 266 Å². The van der Waals surface area contributed by atoms with E-state index in [1.807, 2.05) is 4.90 Å². The Hall–Kier alpha value is -4.28. The Balaban J connectivity index is 1.33. The number of aromatic nitrogens is 2. The van der Waals surface area contributed by atoms with Gasteiger partial charge in [-0.25, -0.2) is 13.2 Å². The number of alkyl halides is 1. The van der Waals surface area contributed by atoms with E-state index < -0.39 is 34.5 Å². The number of piperazine rings is 1. The quantitative estimate of drug-likeness (QED) is 0.179. The SMILES string of the molecule is C=CC(=O)N1CCN(c2nc(OC[C@@]34CCCN3C[C@H](F)C4)nc3c(F)c(-c4cccc5c(F)c(F)sc45)ccc23)C[C@@H]1CC#N. The molecule has 13 heteroatoms. The summed E-state index contributed by atoms with van der Waals surface area (Å²) in [6.45, 7) is 5.69. The Morgan fingerprint density at radius 2 is 1.96 bits per heavy atom. The van der Waals surface area contributed by atoms with E-state index >= 15 is 4.39 Å². The molecule has 0 radical (unpaired) electrons. The zero-order chi connectivity index (χ0) is 32.2. The molecule has 3 aliphatic rings. The van der Waals surface area contributed by atoms with E-state index in [-0.39, 0.29) is 59.2 Å². The number of hydrogen-bond acceptors (Lipinski definition) is 8. The van der Waals surface area contributed by atoms with Crippen molar-refractivity contribution in [2.45, 2.75) is 43.4 Å². The predicted molar refractivity (Wildman–Crippen MR) is 167 cm³/mol. The van der Waals surface area contributed by atoms with Gasteiger partial charge in [0.1, 0.15) is 24.1 Å². The zero-order valence-corrected chi connectivity index (χ0v) is 25.6. The first kappa shape index (κ1) is 30.4. The number of rotatable bonds is 7. The maximum Gasteiger partial charge on any atom is 0.319 e. The van der Waals surface area contributed by atoms with Crippen LogP contribution < -0.4 is 9.64 Å². The molecule has 0 unspecified atom stereocenters. The van der Waals surface area contributed by atoms with E-state index in [0.29, 0.717) is 47.6 Å². The second-order valence-corrected chi connectivity index (χ2v) is 13.1. The third-order valence-corrected chi connectivity index (χ3v) is 10.5. The van der Waals surface area contributed by atoms with Gasteiger partial charge in [-0.3, -0.25) is 9.69 Å². The molecule has 0 bridgehead atoms. The van der Waals surface area contributed by atoms with E-state index in [4.69, 9.17) is 9.72 Å². The third-order valence-electron chi connectivity index (χ3n) is 9.47. The highest BCUT2D eigenvalue weighted by Crippen LogP contribution is 2.42. The van der Waals surface area contributed by atoms with Gasteiger partial charge < -0.3 is 14.5 Å². The van der Waals surface area contributed by atoms with Gasteiger partial charge in [-0.15, -0.1) is 11.3 Å². The van der Waals surface area contributed by atoms with Crippen LogP contribution in [0.2, 0.25) is 0 Å². The molecule has 3 atom stereocenters. The molecule has 3 saturated heterocycles. The normalized spacial score (nSPS) is 23.2. The minimum absolute atomic E-state index is 0.0519. The highest BCUT2D eigenvalue weighted by molar-refractivity contribution is 7.18. The van der Waals surface area contributed by atoms with E-state index in [1.54, 1.807) is 23.1 Å². The minimum Gasteiger partial charge on any atom is -0.461 e. The molecule has 5 heterocycles. The van der Waals surface area contributed by atoms with Crippen molar-refractivity contribution in [1.29, 1.82) is 5.26 Å². The fourth-order valence-electron chi connectivity index (χ4n) is 7.29. The van der Waals surface area contributed by atoms with Gasteiger partial charge in [0, 0.05) is 59.2 Å². The molecule has 0 spiro atoms. The minimum atomic E-state index is -0.980. The summed E-state index contributed by atoms with van der Waals surface area (Å²) < 4.78 is 66.2. The lowest BCUT2D eigenvalue weighted by Gasteiger charge is -2.41. The molecule has 0 aliphatic carbocycles. The molecule has 1 amide bonds. The highest BCUT2D eigenvalue weighted by atomic mass is 32.1. The van der Waals surface area contributed by atoms with Crippen molar-refractivity contribution in [3.05, 3.63) is 59.8 Å². The van der Waals surface area contributed by atoms with Crippen molar-refractivity contribution < 1.29 is 27.1 Å². The van der Waals surface area contributed by atoms with Crippen LogP contribution in [0.1, 0.15) is 25.7 Å². The monoisotopic (exact) mass is 650 g/mol. The van der Waals surface area contributed by atoms with Gasteiger partial charge in [0.05, 0.1) is 24.1 Å². The standard InChI is InChI=1S/C33H30F4N6O2S/c1-2-25(44)43-14-13-41(17-20(43)9-11-38)31-24-8-7-21(22-5-3-6-23-27(36)30(37)46-29(22)23)26(35)28(24)39-32(40-31)45-18-33-10-4-12-42(33)16-19(34)15-33/h2-3,5-8,19-20H,1,4,9-10,12-18H2/t19-,20+,33+/m1/s1. The Kier molecular flexibility index (Phi) is 7.81. The zero-order valence-electron chi connectivity index (χ0n) is 24.8. The number of nitriles is 1. The van der Waals surface area contributed by atoms with Gasteiger partial charge >= 0.3 is 6.01 Å². The number of carbonyl (C=O) groups excluding carboxylic acids is 1. The maximum absolute atomic E-state index is 16.6. The Morgan fingerprint density at radius 1 is 1.11 bits per heavy atom. The van der Waals surface area contributed by atoms with E-state index in [9.17, 15) is 23.2 Å². The van der Waals surface area contributed by atoms with Crippen LogP contribution in [0.15, 0.2) is 43.0 Å². The van der Waals surface area contributed by atoms with Gasteiger partial charge in [-0.05, 0) is 31.5 Å². The fourth-order valence-corrected chi connectivity index (χ4v) is 8.23. The predicted octanol–water partition coefficient (Wildman–Crippen LogP) is 6.00. The van der Waals surface area contributed by atoms with Crippen LogP contribution in [0.25, 0.3) is 32.1 Å². The van der Waals surface area contributed by atoms with E-state index in [2.05, 4.69) is 22.5 Å². The number of halogens is 4. The number of fused-ring (bicyclic) bond motifs is 3. The van der Waals surface area contributed by atoms with Gasteiger partial charge in [0.15, 0.2) is 11.6 Å². The molecule has 2 aromatic carbocycles. The molecule has 0 N–H and O–H groups in total. The van der Waals surface area contributed by atoms with Crippen molar-refractivity contribution in [3.8, 4) is 23.2 Å². The molecule has 3 fully saturated rings. The summed E-state index contributed by atoms with van der Waals surface area (Å²) in [6.07, 6.45) is 2.34. The molecule has 3 aliphatic heterocycles. The number of anilines is 1. The van der Waals surface area contributed by atoms with Crippen LogP contribution in [0.5, 0.6) is 6.01 Å². The number of ether oxygens (including phenoxy) is 1. The summed E-state index contributed by atoms with van der Waals surface area (Å²) in [6, 6.07) is 9.38. The van der Waals surface area contributed by atoms with Gasteiger partial charge in [0.2, 0.25) is 11.0 Å². The van der Waals surface area contributed by atoms with Crippen LogP contribution in [0, 0.1) is 28.1 Å². The van der Waals surface area contributed by atoms with Crippen molar-refractivity contribution in [1.82, 2.24) is 19.8 Å². The van der Waals surface area contributed by atoms with Crippen LogP contribution in [0.4, 0.5) is 23.4 Å². The first-order chi connectivity index (χ1) is 22.2. The molecule has 7 rings (SSSR count). The summed E-state index contributed by atoms with van der Waals surface area (Å²) >= 11 is 0.608. The molecule has 238 valence electrons. The van der Waals surface area contributed by atoms with Gasteiger partial charge in [-0.1, -0.05) is 30.8 Å². The number of hydrogen-bond donors (Lipinski definition) is 0. The van der Waals surface area contributed by atoms with Crippen molar-refractivity contribution in [2.24, 2.45) is 0 Å². The second-order valence-electron chi connectivity index (χ2n) is 12.1. The Morgan fingerprint density at radius 3 is 2.76 bits per heavy atom. The average Bonchev–Trinajstić information content (AvgIpc) is 3.68. The summed E-state index contributed by atoms with van der Waals surface area (Å²) in [5.74, 6) is -1.62. The topological polar surface area (TPSA) is 85.6 Å².